The fourth-order valence-corrected chi connectivity index (χ4v) is 5.08. The van der Waals surface area contributed by atoms with Crippen molar-refractivity contribution in [2.24, 2.45) is 0 Å². The van der Waals surface area contributed by atoms with E-state index in [-0.39, 0.29) is 29.2 Å². The fourth-order valence-electron chi connectivity index (χ4n) is 3.14. The molecule has 0 saturated carbocycles. The lowest BCUT2D eigenvalue weighted by Gasteiger charge is -2.13. The monoisotopic (exact) mass is 458 g/mol. The van der Waals surface area contributed by atoms with E-state index in [0.29, 0.717) is 33.2 Å². The standard InChI is InChI=1S/C22H26N4O3S2/c1-6-26-21(29)18-13(4)14(5)31-20(18)25-22(26)30-11-17(27)24-16-10-8-7-9-15(16)19(28)23-12(2)3/h7-10,12H,6,11H2,1-5H3,(H,23,28)(H,24,27). The summed E-state index contributed by atoms with van der Waals surface area (Å²) in [4.78, 5) is 44.4. The number of nitrogens with zero attached hydrogens (tertiary/aromatic N) is 2. The first-order chi connectivity index (χ1) is 14.7. The average Bonchev–Trinajstić information content (AvgIpc) is 3.00. The minimum atomic E-state index is -0.273. The molecule has 2 amide bonds. The zero-order chi connectivity index (χ0) is 22.7. The number of hydrogen-bond acceptors (Lipinski definition) is 6. The molecule has 2 heterocycles. The predicted molar refractivity (Wildman–Crippen MR) is 127 cm³/mol. The summed E-state index contributed by atoms with van der Waals surface area (Å²) in [5, 5.41) is 6.81. The van der Waals surface area contributed by atoms with Crippen molar-refractivity contribution < 1.29 is 9.59 Å². The summed E-state index contributed by atoms with van der Waals surface area (Å²) in [6, 6.07) is 6.88. The van der Waals surface area contributed by atoms with Crippen LogP contribution >= 0.6 is 23.1 Å². The zero-order valence-electron chi connectivity index (χ0n) is 18.2. The maximum atomic E-state index is 12.9. The highest BCUT2D eigenvalue weighted by Gasteiger charge is 2.18. The summed E-state index contributed by atoms with van der Waals surface area (Å²) in [5.41, 5.74) is 1.74. The van der Waals surface area contributed by atoms with Crippen molar-refractivity contribution in [3.05, 3.63) is 50.6 Å². The normalized spacial score (nSPS) is 11.2. The van der Waals surface area contributed by atoms with E-state index >= 15 is 0 Å². The number of para-hydroxylation sites is 1. The summed E-state index contributed by atoms with van der Waals surface area (Å²) in [6.45, 7) is 10.0. The Kier molecular flexibility index (Phi) is 7.17. The molecule has 0 saturated heterocycles. The molecule has 0 aliphatic carbocycles. The van der Waals surface area contributed by atoms with Gasteiger partial charge in [-0.05, 0) is 52.3 Å². The van der Waals surface area contributed by atoms with Gasteiger partial charge in [0, 0.05) is 17.5 Å². The van der Waals surface area contributed by atoms with E-state index in [0.717, 1.165) is 10.4 Å². The lowest BCUT2D eigenvalue weighted by Crippen LogP contribution is -2.31. The third-order valence-corrected chi connectivity index (χ3v) is 6.85. The van der Waals surface area contributed by atoms with Crippen molar-refractivity contribution in [3.8, 4) is 0 Å². The summed E-state index contributed by atoms with van der Waals surface area (Å²) in [5.74, 6) is -0.444. The molecular weight excluding hydrogens is 432 g/mol. The summed E-state index contributed by atoms with van der Waals surface area (Å²) in [6.07, 6.45) is 0. The van der Waals surface area contributed by atoms with Crippen LogP contribution in [0.3, 0.4) is 0 Å². The van der Waals surface area contributed by atoms with Crippen LogP contribution in [0.15, 0.2) is 34.2 Å². The Hall–Kier alpha value is -2.65. The van der Waals surface area contributed by atoms with Gasteiger partial charge in [-0.15, -0.1) is 11.3 Å². The first kappa shape index (κ1) is 23.0. The Labute approximate surface area is 189 Å². The Morgan fingerprint density at radius 2 is 1.94 bits per heavy atom. The lowest BCUT2D eigenvalue weighted by molar-refractivity contribution is -0.113. The lowest BCUT2D eigenvalue weighted by atomic mass is 10.1. The van der Waals surface area contributed by atoms with Crippen molar-refractivity contribution in [2.75, 3.05) is 11.1 Å². The van der Waals surface area contributed by atoms with Crippen LogP contribution in [0, 0.1) is 13.8 Å². The summed E-state index contributed by atoms with van der Waals surface area (Å²) >= 11 is 2.70. The molecule has 0 fully saturated rings. The molecule has 2 N–H and O–H groups in total. The Morgan fingerprint density at radius 1 is 1.23 bits per heavy atom. The Morgan fingerprint density at radius 3 is 2.61 bits per heavy atom. The molecule has 0 unspecified atom stereocenters. The minimum absolute atomic E-state index is 0.0110. The topological polar surface area (TPSA) is 93.1 Å². The van der Waals surface area contributed by atoms with Crippen molar-refractivity contribution in [2.45, 2.75) is 52.4 Å². The number of thiophene rings is 1. The molecule has 31 heavy (non-hydrogen) atoms. The molecule has 0 aliphatic rings. The van der Waals surface area contributed by atoms with Gasteiger partial charge in [0.25, 0.3) is 11.5 Å². The average molecular weight is 459 g/mol. The molecule has 0 spiro atoms. The van der Waals surface area contributed by atoms with E-state index in [1.165, 1.54) is 23.1 Å². The largest absolute Gasteiger partial charge is 0.350 e. The van der Waals surface area contributed by atoms with Gasteiger partial charge in [0.2, 0.25) is 5.91 Å². The van der Waals surface area contributed by atoms with Gasteiger partial charge >= 0.3 is 0 Å². The van der Waals surface area contributed by atoms with Gasteiger partial charge in [-0.25, -0.2) is 4.98 Å². The number of thioether (sulfide) groups is 1. The molecule has 3 aromatic rings. The molecule has 1 aromatic carbocycles. The minimum Gasteiger partial charge on any atom is -0.350 e. The van der Waals surface area contributed by atoms with Crippen LogP contribution in [0.4, 0.5) is 5.69 Å². The SMILES string of the molecule is CCn1c(SCC(=O)Nc2ccccc2C(=O)NC(C)C)nc2sc(C)c(C)c2c1=O. The van der Waals surface area contributed by atoms with E-state index in [4.69, 9.17) is 0 Å². The van der Waals surface area contributed by atoms with Crippen LogP contribution in [0.1, 0.15) is 41.6 Å². The molecule has 9 heteroatoms. The first-order valence-corrected chi connectivity index (χ1v) is 11.9. The highest BCUT2D eigenvalue weighted by Crippen LogP contribution is 2.28. The van der Waals surface area contributed by atoms with E-state index in [1.54, 1.807) is 28.8 Å². The van der Waals surface area contributed by atoms with Crippen molar-refractivity contribution in [1.29, 1.82) is 0 Å². The van der Waals surface area contributed by atoms with Gasteiger partial charge in [0.15, 0.2) is 5.16 Å². The number of benzene rings is 1. The van der Waals surface area contributed by atoms with Crippen molar-refractivity contribution in [1.82, 2.24) is 14.9 Å². The molecule has 0 aliphatic heterocycles. The maximum Gasteiger partial charge on any atom is 0.263 e. The quantitative estimate of drug-likeness (QED) is 0.413. The molecular formula is C22H26N4O3S2. The third kappa shape index (κ3) is 4.99. The molecule has 0 bridgehead atoms. The van der Waals surface area contributed by atoms with Crippen LogP contribution in [0.5, 0.6) is 0 Å². The Bertz CT molecular complexity index is 1200. The van der Waals surface area contributed by atoms with Crippen LogP contribution in [-0.2, 0) is 11.3 Å². The number of anilines is 1. The summed E-state index contributed by atoms with van der Waals surface area (Å²) in [7, 11) is 0. The molecule has 164 valence electrons. The predicted octanol–water partition coefficient (Wildman–Crippen LogP) is 3.96. The number of carbonyl (C=O) groups excluding carboxylic acids is 2. The highest BCUT2D eigenvalue weighted by molar-refractivity contribution is 7.99. The second kappa shape index (κ2) is 9.65. The summed E-state index contributed by atoms with van der Waals surface area (Å²) < 4.78 is 1.60. The molecule has 7 nitrogen and oxygen atoms in total. The van der Waals surface area contributed by atoms with Gasteiger partial charge in [0.05, 0.1) is 22.4 Å². The van der Waals surface area contributed by atoms with Crippen LogP contribution < -0.4 is 16.2 Å². The van der Waals surface area contributed by atoms with Crippen LogP contribution in [0.2, 0.25) is 0 Å². The number of amides is 2. The number of nitrogens with one attached hydrogen (secondary N) is 2. The fraction of sp³-hybridized carbons (Fsp3) is 0.364. The van der Waals surface area contributed by atoms with Crippen LogP contribution in [0.25, 0.3) is 10.2 Å². The van der Waals surface area contributed by atoms with Gasteiger partial charge in [-0.3, -0.25) is 19.0 Å². The molecule has 0 radical (unpaired) electrons. The van der Waals surface area contributed by atoms with Crippen molar-refractivity contribution in [3.63, 3.8) is 0 Å². The number of fused-ring (bicyclic) bond motifs is 1. The maximum absolute atomic E-state index is 12.9. The highest BCUT2D eigenvalue weighted by atomic mass is 32.2. The van der Waals surface area contributed by atoms with E-state index in [2.05, 4.69) is 15.6 Å². The second-order valence-corrected chi connectivity index (χ2v) is 9.56. The van der Waals surface area contributed by atoms with Crippen LogP contribution in [-0.4, -0.2) is 33.2 Å². The second-order valence-electron chi connectivity index (χ2n) is 7.42. The van der Waals surface area contributed by atoms with Gasteiger partial charge in [-0.1, -0.05) is 23.9 Å². The Balaban J connectivity index is 1.79. The number of hydrogen-bond donors (Lipinski definition) is 2. The van der Waals surface area contributed by atoms with Gasteiger partial charge in [0.1, 0.15) is 4.83 Å². The number of aryl methyl sites for hydroxylation is 2. The molecule has 3 rings (SSSR count). The molecule has 2 aromatic heterocycles. The first-order valence-electron chi connectivity index (χ1n) is 10.1. The van der Waals surface area contributed by atoms with Gasteiger partial charge < -0.3 is 10.6 Å². The van der Waals surface area contributed by atoms with E-state index in [9.17, 15) is 14.4 Å². The molecule has 0 atom stereocenters. The third-order valence-electron chi connectivity index (χ3n) is 4.77. The van der Waals surface area contributed by atoms with Crippen molar-refractivity contribution >= 4 is 50.8 Å². The number of carbonyl (C=O) groups is 2. The number of rotatable bonds is 7. The van der Waals surface area contributed by atoms with E-state index < -0.39 is 0 Å². The number of aromatic nitrogens is 2. The smallest absolute Gasteiger partial charge is 0.263 e. The zero-order valence-corrected chi connectivity index (χ0v) is 19.9. The van der Waals surface area contributed by atoms with Gasteiger partial charge in [-0.2, -0.15) is 0 Å². The van der Waals surface area contributed by atoms with E-state index in [1.807, 2.05) is 34.6 Å².